The van der Waals surface area contributed by atoms with Crippen molar-refractivity contribution in [1.29, 1.82) is 0 Å². The van der Waals surface area contributed by atoms with Crippen molar-refractivity contribution < 1.29 is 19.4 Å². The molecule has 0 aliphatic carbocycles. The van der Waals surface area contributed by atoms with E-state index < -0.39 is 5.97 Å². The molecule has 35 heavy (non-hydrogen) atoms. The Morgan fingerprint density at radius 1 is 1.14 bits per heavy atom. The van der Waals surface area contributed by atoms with Gasteiger partial charge in [-0.05, 0) is 61.2 Å². The number of aliphatic carboxylic acids is 1. The lowest BCUT2D eigenvalue weighted by atomic mass is 10.00. The molecule has 0 unspecified atom stereocenters. The van der Waals surface area contributed by atoms with Crippen LogP contribution in [0.25, 0.3) is 0 Å². The Bertz CT molecular complexity index is 1080. The normalized spacial score (nSPS) is 14.9. The Morgan fingerprint density at radius 2 is 1.83 bits per heavy atom. The lowest BCUT2D eigenvalue weighted by molar-refractivity contribution is -0.136. The zero-order chi connectivity index (χ0) is 25.2. The fourth-order valence-electron chi connectivity index (χ4n) is 3.59. The van der Waals surface area contributed by atoms with Crippen LogP contribution in [0.5, 0.6) is 0 Å². The Hall–Kier alpha value is -3.07. The summed E-state index contributed by atoms with van der Waals surface area (Å²) in [4.78, 5) is 30.6. The predicted molar refractivity (Wildman–Crippen MR) is 138 cm³/mol. The number of ether oxygens (including phenoxy) is 1. The van der Waals surface area contributed by atoms with Crippen LogP contribution in [-0.2, 0) is 9.53 Å². The smallest absolute Gasteiger partial charge is 0.322 e. The summed E-state index contributed by atoms with van der Waals surface area (Å²) in [7, 11) is 1.53. The maximum Gasteiger partial charge on any atom is 0.322 e. The second-order valence-corrected chi connectivity index (χ2v) is 8.80. The third-order valence-electron chi connectivity index (χ3n) is 5.44. The monoisotopic (exact) mass is 518 g/mol. The first kappa shape index (κ1) is 26.5. The van der Waals surface area contributed by atoms with Crippen molar-refractivity contribution in [3.05, 3.63) is 76.0 Å². The molecule has 0 aromatic heterocycles. The minimum absolute atomic E-state index is 0.192. The van der Waals surface area contributed by atoms with E-state index in [0.29, 0.717) is 46.9 Å². The van der Waals surface area contributed by atoms with E-state index in [1.807, 2.05) is 6.07 Å². The molecule has 0 radical (unpaired) electrons. The highest BCUT2D eigenvalue weighted by Gasteiger charge is 2.24. The minimum Gasteiger partial charge on any atom is -0.481 e. The number of aliphatic imine (C=N–C) groups is 1. The van der Waals surface area contributed by atoms with Crippen molar-refractivity contribution in [2.24, 2.45) is 10.9 Å². The van der Waals surface area contributed by atoms with Crippen molar-refractivity contribution in [2.45, 2.75) is 19.3 Å². The molecular weight excluding hydrogens is 491 g/mol. The number of hydrogen-bond acceptors (Lipinski definition) is 4. The second-order valence-electron chi connectivity index (χ2n) is 7.95. The molecule has 2 amide bonds. The number of nitrogens with one attached hydrogen (secondary N) is 2. The van der Waals surface area contributed by atoms with Crippen LogP contribution in [0.2, 0.25) is 10.0 Å². The van der Waals surface area contributed by atoms with Gasteiger partial charge in [-0.25, -0.2) is 9.79 Å². The Balaban J connectivity index is 2.07. The molecule has 1 fully saturated rings. The van der Waals surface area contributed by atoms with Gasteiger partial charge in [-0.1, -0.05) is 35.3 Å². The van der Waals surface area contributed by atoms with Crippen LogP contribution < -0.4 is 10.6 Å². The zero-order valence-corrected chi connectivity index (χ0v) is 20.9. The number of nitrogens with zero attached hydrogens (tertiary/aromatic N) is 2. The van der Waals surface area contributed by atoms with E-state index in [4.69, 9.17) is 32.9 Å². The SMILES string of the molecule is CNC(=O)N(CC1CCOCC1)C(=C\CC(=O)O)/N=C(\Nc1ccc(Cl)cc1)c1ccccc1Cl. The number of rotatable bonds is 8. The third kappa shape index (κ3) is 7.99. The highest BCUT2D eigenvalue weighted by atomic mass is 35.5. The summed E-state index contributed by atoms with van der Waals surface area (Å²) in [6.45, 7) is 1.61. The van der Waals surface area contributed by atoms with E-state index in [-0.39, 0.29) is 24.2 Å². The molecule has 1 aliphatic heterocycles. The number of anilines is 1. The lowest BCUT2D eigenvalue weighted by Crippen LogP contribution is -2.41. The van der Waals surface area contributed by atoms with E-state index in [9.17, 15) is 14.7 Å². The average Bonchev–Trinajstić information content (AvgIpc) is 2.86. The van der Waals surface area contributed by atoms with Gasteiger partial charge in [0.15, 0.2) is 0 Å². The summed E-state index contributed by atoms with van der Waals surface area (Å²) in [5.74, 6) is -0.284. The highest BCUT2D eigenvalue weighted by molar-refractivity contribution is 6.35. The van der Waals surface area contributed by atoms with Gasteiger partial charge in [0.05, 0.1) is 11.4 Å². The van der Waals surface area contributed by atoms with Crippen LogP contribution in [0.4, 0.5) is 10.5 Å². The summed E-state index contributed by atoms with van der Waals surface area (Å²) in [6.07, 6.45) is 2.71. The fourth-order valence-corrected chi connectivity index (χ4v) is 3.94. The Kier molecular flexibility index (Phi) is 9.96. The number of carbonyl (C=O) groups is 2. The minimum atomic E-state index is -1.04. The number of urea groups is 1. The summed E-state index contributed by atoms with van der Waals surface area (Å²) in [5, 5.41) is 16.2. The Morgan fingerprint density at radius 3 is 2.46 bits per heavy atom. The summed E-state index contributed by atoms with van der Waals surface area (Å²) in [6, 6.07) is 13.8. The number of benzene rings is 2. The average molecular weight is 519 g/mol. The molecule has 2 aromatic carbocycles. The summed E-state index contributed by atoms with van der Waals surface area (Å²) in [5.41, 5.74) is 1.29. The van der Waals surface area contributed by atoms with Crippen molar-refractivity contribution in [1.82, 2.24) is 10.2 Å². The van der Waals surface area contributed by atoms with Crippen LogP contribution in [0.1, 0.15) is 24.8 Å². The molecule has 0 spiro atoms. The molecule has 186 valence electrons. The van der Waals surface area contributed by atoms with Gasteiger partial charge in [0.2, 0.25) is 0 Å². The molecule has 0 saturated carbocycles. The number of carboxylic acids is 1. The number of halogens is 2. The summed E-state index contributed by atoms with van der Waals surface area (Å²) >= 11 is 12.5. The van der Waals surface area contributed by atoms with Crippen molar-refractivity contribution in [3.8, 4) is 0 Å². The lowest BCUT2D eigenvalue weighted by Gasteiger charge is -2.30. The van der Waals surface area contributed by atoms with E-state index in [2.05, 4.69) is 10.6 Å². The third-order valence-corrected chi connectivity index (χ3v) is 6.02. The number of carboxylic acid groups (broad SMARTS) is 1. The van der Waals surface area contributed by atoms with Crippen LogP contribution in [-0.4, -0.2) is 54.6 Å². The first-order valence-electron chi connectivity index (χ1n) is 11.2. The van der Waals surface area contributed by atoms with E-state index >= 15 is 0 Å². The zero-order valence-electron chi connectivity index (χ0n) is 19.3. The molecule has 1 aliphatic rings. The largest absolute Gasteiger partial charge is 0.481 e. The molecule has 0 bridgehead atoms. The van der Waals surface area contributed by atoms with E-state index in [0.717, 1.165) is 12.8 Å². The van der Waals surface area contributed by atoms with Gasteiger partial charge in [0.25, 0.3) is 0 Å². The second kappa shape index (κ2) is 13.1. The molecule has 0 atom stereocenters. The maximum atomic E-state index is 12.9. The molecular formula is C25H28Cl2N4O4. The predicted octanol–water partition coefficient (Wildman–Crippen LogP) is 5.24. The molecule has 1 saturated heterocycles. The van der Waals surface area contributed by atoms with Crippen LogP contribution in [0.3, 0.4) is 0 Å². The number of carbonyl (C=O) groups excluding carboxylic acids is 1. The van der Waals surface area contributed by atoms with Crippen LogP contribution in [0, 0.1) is 5.92 Å². The fraction of sp³-hybridized carbons (Fsp3) is 0.320. The standard InChI is InChI=1S/C25H28Cl2N4O4/c1-28-25(34)31(16-17-12-14-35-15-13-17)22(10-11-23(32)33)30-24(20-4-2-3-5-21(20)27)29-19-8-6-18(26)7-9-19/h2-10,17H,11-16H2,1H3,(H,28,34)(H,29,30)(H,32,33)/b22-10-. The van der Waals surface area contributed by atoms with Crippen LogP contribution >= 0.6 is 23.2 Å². The van der Waals surface area contributed by atoms with Crippen molar-refractivity contribution in [2.75, 3.05) is 32.1 Å². The summed E-state index contributed by atoms with van der Waals surface area (Å²) < 4.78 is 5.44. The van der Waals surface area contributed by atoms with Crippen molar-refractivity contribution in [3.63, 3.8) is 0 Å². The maximum absolute atomic E-state index is 12.9. The molecule has 3 N–H and O–H groups in total. The quantitative estimate of drug-likeness (QED) is 0.327. The molecule has 3 rings (SSSR count). The Labute approximate surface area is 214 Å². The number of hydrogen-bond donors (Lipinski definition) is 3. The first-order valence-corrected chi connectivity index (χ1v) is 12.0. The molecule has 10 heteroatoms. The van der Waals surface area contributed by atoms with Gasteiger partial charge in [-0.15, -0.1) is 0 Å². The topological polar surface area (TPSA) is 103 Å². The molecule has 2 aromatic rings. The van der Waals surface area contributed by atoms with Gasteiger partial charge in [-0.2, -0.15) is 0 Å². The first-order chi connectivity index (χ1) is 16.9. The van der Waals surface area contributed by atoms with E-state index in [1.165, 1.54) is 18.0 Å². The number of amides is 2. The molecule has 8 nitrogen and oxygen atoms in total. The molecule has 1 heterocycles. The van der Waals surface area contributed by atoms with Gasteiger partial charge in [-0.3, -0.25) is 9.69 Å². The van der Waals surface area contributed by atoms with Gasteiger partial charge >= 0.3 is 12.0 Å². The number of amidine groups is 1. The van der Waals surface area contributed by atoms with Crippen molar-refractivity contribution >= 4 is 46.7 Å². The van der Waals surface area contributed by atoms with Gasteiger partial charge in [0.1, 0.15) is 11.7 Å². The van der Waals surface area contributed by atoms with E-state index in [1.54, 1.807) is 42.5 Å². The van der Waals surface area contributed by atoms with Gasteiger partial charge in [0, 0.05) is 43.1 Å². The van der Waals surface area contributed by atoms with Crippen LogP contribution in [0.15, 0.2) is 65.4 Å². The van der Waals surface area contributed by atoms with Gasteiger partial charge < -0.3 is 20.5 Å². The highest BCUT2D eigenvalue weighted by Crippen LogP contribution is 2.23.